The Morgan fingerprint density at radius 3 is 2.77 bits per heavy atom. The van der Waals surface area contributed by atoms with E-state index in [2.05, 4.69) is 14.9 Å². The number of alkyl halides is 3. The molecule has 2 aliphatic heterocycles. The summed E-state index contributed by atoms with van der Waals surface area (Å²) in [5, 5.41) is 0.388. The van der Waals surface area contributed by atoms with E-state index in [1.54, 1.807) is 0 Å². The Morgan fingerprint density at radius 1 is 1.31 bits per heavy atom. The molecule has 2 saturated heterocycles. The lowest BCUT2D eigenvalue weighted by atomic mass is 9.95. The maximum Gasteiger partial charge on any atom is 0.433 e. The molecule has 3 rings (SSSR count). The first-order chi connectivity index (χ1) is 12.4. The van der Waals surface area contributed by atoms with Crippen molar-refractivity contribution < 1.29 is 17.9 Å². The molecule has 0 bridgehead atoms. The van der Waals surface area contributed by atoms with Gasteiger partial charge < -0.3 is 4.74 Å². The van der Waals surface area contributed by atoms with Crippen LogP contribution in [0.25, 0.3) is 0 Å². The Labute approximate surface area is 157 Å². The lowest BCUT2D eigenvalue weighted by molar-refractivity contribution is -0.141. The van der Waals surface area contributed by atoms with E-state index < -0.39 is 11.9 Å². The van der Waals surface area contributed by atoms with E-state index in [1.165, 1.54) is 18.2 Å². The molecule has 0 aromatic carbocycles. The lowest BCUT2D eigenvalue weighted by Gasteiger charge is -2.34. The summed E-state index contributed by atoms with van der Waals surface area (Å²) >= 11 is 1.39. The van der Waals surface area contributed by atoms with Crippen LogP contribution in [0.1, 0.15) is 52.1 Å². The van der Waals surface area contributed by atoms with Crippen LogP contribution < -0.4 is 0 Å². The fourth-order valence-electron chi connectivity index (χ4n) is 3.84. The van der Waals surface area contributed by atoms with E-state index in [-0.39, 0.29) is 5.54 Å². The quantitative estimate of drug-likeness (QED) is 0.521. The summed E-state index contributed by atoms with van der Waals surface area (Å²) in [6.07, 6.45) is 1.06. The molecule has 0 saturated carbocycles. The van der Waals surface area contributed by atoms with Gasteiger partial charge in [-0.3, -0.25) is 4.90 Å². The van der Waals surface area contributed by atoms with Crippen LogP contribution in [0.4, 0.5) is 13.2 Å². The van der Waals surface area contributed by atoms with Gasteiger partial charge in [0.05, 0.1) is 6.61 Å². The molecule has 0 spiro atoms. The first-order valence-electron chi connectivity index (χ1n) is 9.31. The van der Waals surface area contributed by atoms with Gasteiger partial charge in [0.25, 0.3) is 0 Å². The van der Waals surface area contributed by atoms with Gasteiger partial charge in [-0.05, 0) is 39.2 Å². The smallest absolute Gasteiger partial charge is 0.380 e. The predicted molar refractivity (Wildman–Crippen MR) is 97.3 cm³/mol. The number of ether oxygens (including phenoxy) is 1. The standard InChI is InChI=1S/C16H22F3N3OS.C2H6/c1-2-23-10-15-5-3-7-22(15)12(4-6-15)9-24-14-8-13(16(17,18)19)20-11-21-14;1-2/h8,11-12H,2-7,9-10H2,1H3;1-2H3. The average Bonchev–Trinajstić information content (AvgIpc) is 3.19. The molecule has 0 N–H and O–H groups in total. The molecule has 26 heavy (non-hydrogen) atoms. The molecule has 0 amide bonds. The van der Waals surface area contributed by atoms with Gasteiger partial charge in [-0.25, -0.2) is 9.97 Å². The van der Waals surface area contributed by atoms with E-state index in [4.69, 9.17) is 4.74 Å². The van der Waals surface area contributed by atoms with Gasteiger partial charge in [0.1, 0.15) is 17.0 Å². The molecule has 0 aliphatic carbocycles. The zero-order valence-electron chi connectivity index (χ0n) is 15.7. The molecule has 8 heteroatoms. The Balaban J connectivity index is 0.00000117. The van der Waals surface area contributed by atoms with Gasteiger partial charge in [0.2, 0.25) is 0 Å². The van der Waals surface area contributed by atoms with Crippen molar-refractivity contribution in [3.63, 3.8) is 0 Å². The zero-order chi connectivity index (χ0) is 19.2. The molecule has 4 nitrogen and oxygen atoms in total. The van der Waals surface area contributed by atoms with Gasteiger partial charge in [-0.15, -0.1) is 11.8 Å². The summed E-state index contributed by atoms with van der Waals surface area (Å²) < 4.78 is 43.9. The SMILES string of the molecule is CC.CCOCC12CCCN1C(CSc1cc(C(F)(F)F)ncn1)CC2. The molecule has 1 aromatic heterocycles. The van der Waals surface area contributed by atoms with Crippen LogP contribution in [0.3, 0.4) is 0 Å². The summed E-state index contributed by atoms with van der Waals surface area (Å²) in [6.45, 7) is 8.54. The number of hydrogen-bond donors (Lipinski definition) is 0. The van der Waals surface area contributed by atoms with Gasteiger partial charge >= 0.3 is 6.18 Å². The highest BCUT2D eigenvalue weighted by molar-refractivity contribution is 7.99. The Bertz CT molecular complexity index is 573. The average molecular weight is 392 g/mol. The minimum absolute atomic E-state index is 0.143. The predicted octanol–water partition coefficient (Wildman–Crippen LogP) is 4.65. The highest BCUT2D eigenvalue weighted by Gasteiger charge is 2.49. The second-order valence-corrected chi connectivity index (χ2v) is 7.44. The molecule has 1 aromatic rings. The van der Waals surface area contributed by atoms with Crippen LogP contribution in [0.15, 0.2) is 17.4 Å². The van der Waals surface area contributed by atoms with Crippen LogP contribution >= 0.6 is 11.8 Å². The number of halogens is 3. The monoisotopic (exact) mass is 391 g/mol. The van der Waals surface area contributed by atoms with Crippen LogP contribution in [-0.2, 0) is 10.9 Å². The summed E-state index contributed by atoms with van der Waals surface area (Å²) in [7, 11) is 0. The third kappa shape index (κ3) is 4.89. The molecular formula is C18H28F3N3OS. The molecule has 2 aliphatic rings. The Kier molecular flexibility index (Phi) is 7.73. The largest absolute Gasteiger partial charge is 0.433 e. The molecule has 148 valence electrons. The summed E-state index contributed by atoms with van der Waals surface area (Å²) in [5.41, 5.74) is -0.734. The van der Waals surface area contributed by atoms with Crippen LogP contribution in [-0.4, -0.2) is 52.0 Å². The Hall–Kier alpha value is -0.860. The van der Waals surface area contributed by atoms with Crippen molar-refractivity contribution in [2.75, 3.05) is 25.5 Å². The molecule has 0 radical (unpaired) electrons. The van der Waals surface area contributed by atoms with Crippen molar-refractivity contribution >= 4 is 11.8 Å². The number of nitrogens with zero attached hydrogens (tertiary/aromatic N) is 3. The van der Waals surface area contributed by atoms with Gasteiger partial charge in [0.15, 0.2) is 0 Å². The summed E-state index contributed by atoms with van der Waals surface area (Å²) in [4.78, 5) is 9.80. The third-order valence-electron chi connectivity index (χ3n) is 4.97. The van der Waals surface area contributed by atoms with E-state index >= 15 is 0 Å². The first kappa shape index (κ1) is 21.4. The summed E-state index contributed by atoms with van der Waals surface area (Å²) in [5.74, 6) is 0.752. The fourth-order valence-corrected chi connectivity index (χ4v) is 4.86. The van der Waals surface area contributed by atoms with Gasteiger partial charge in [-0.1, -0.05) is 13.8 Å². The number of aromatic nitrogens is 2. The molecule has 3 heterocycles. The molecular weight excluding hydrogens is 363 g/mol. The lowest BCUT2D eigenvalue weighted by Crippen LogP contribution is -2.46. The number of thioether (sulfide) groups is 1. The van der Waals surface area contributed by atoms with Crippen LogP contribution in [0.5, 0.6) is 0 Å². The zero-order valence-corrected chi connectivity index (χ0v) is 16.5. The second kappa shape index (κ2) is 9.37. The topological polar surface area (TPSA) is 38.2 Å². The van der Waals surface area contributed by atoms with Crippen LogP contribution in [0, 0.1) is 0 Å². The maximum absolute atomic E-state index is 12.7. The first-order valence-corrected chi connectivity index (χ1v) is 10.3. The number of hydrogen-bond acceptors (Lipinski definition) is 5. The number of rotatable bonds is 6. The van der Waals surface area contributed by atoms with E-state index in [1.807, 2.05) is 20.8 Å². The normalized spacial score (nSPS) is 25.7. The highest BCUT2D eigenvalue weighted by atomic mass is 32.2. The third-order valence-corrected chi connectivity index (χ3v) is 6.04. The minimum Gasteiger partial charge on any atom is -0.380 e. The van der Waals surface area contributed by atoms with Crippen molar-refractivity contribution in [2.45, 2.75) is 69.2 Å². The van der Waals surface area contributed by atoms with Crippen molar-refractivity contribution in [3.05, 3.63) is 18.1 Å². The maximum atomic E-state index is 12.7. The molecule has 2 atom stereocenters. The van der Waals surface area contributed by atoms with Gasteiger partial charge in [0, 0.05) is 30.0 Å². The molecule has 2 unspecified atom stereocenters. The molecule has 2 fully saturated rings. The van der Waals surface area contributed by atoms with Crippen LogP contribution in [0.2, 0.25) is 0 Å². The fraction of sp³-hybridized carbons (Fsp3) is 0.778. The van der Waals surface area contributed by atoms with E-state index in [9.17, 15) is 13.2 Å². The van der Waals surface area contributed by atoms with Gasteiger partial charge in [-0.2, -0.15) is 13.2 Å². The second-order valence-electron chi connectivity index (χ2n) is 6.40. The highest BCUT2D eigenvalue weighted by Crippen LogP contribution is 2.44. The van der Waals surface area contributed by atoms with E-state index in [0.717, 1.165) is 57.2 Å². The van der Waals surface area contributed by atoms with Crippen molar-refractivity contribution in [1.29, 1.82) is 0 Å². The Morgan fingerprint density at radius 2 is 2.08 bits per heavy atom. The summed E-state index contributed by atoms with van der Waals surface area (Å²) in [6, 6.07) is 1.42. The number of fused-ring (bicyclic) bond motifs is 1. The van der Waals surface area contributed by atoms with Crippen molar-refractivity contribution in [2.24, 2.45) is 0 Å². The van der Waals surface area contributed by atoms with Crippen molar-refractivity contribution in [3.8, 4) is 0 Å². The van der Waals surface area contributed by atoms with Crippen molar-refractivity contribution in [1.82, 2.24) is 14.9 Å². The van der Waals surface area contributed by atoms with E-state index in [0.29, 0.717) is 11.1 Å². The minimum atomic E-state index is -4.42.